The summed E-state index contributed by atoms with van der Waals surface area (Å²) in [6, 6.07) is 0. The molecule has 0 amide bonds. The van der Waals surface area contributed by atoms with Crippen molar-refractivity contribution in [1.29, 1.82) is 0 Å². The number of carboxylic acids is 2. The summed E-state index contributed by atoms with van der Waals surface area (Å²) in [7, 11) is 0. The zero-order valence-electron chi connectivity index (χ0n) is 5.96. The molecule has 0 unspecified atom stereocenters. The van der Waals surface area contributed by atoms with Gasteiger partial charge in [0.2, 0.25) is 5.01 Å². The molecular weight excluding hydrogens is 241 g/mol. The second-order valence-electron chi connectivity index (χ2n) is 1.64. The molecule has 0 spiro atoms. The lowest BCUT2D eigenvalue weighted by molar-refractivity contribution is 0.0688. The van der Waals surface area contributed by atoms with Crippen molar-refractivity contribution in [3.05, 3.63) is 16.1 Å². The SMILES string of the molecule is Cl.Cl.O=C(O)c1cnc(C(=O)O)s1. The van der Waals surface area contributed by atoms with Crippen LogP contribution >= 0.6 is 36.2 Å². The number of thiazole rings is 1. The third-order valence-corrected chi connectivity index (χ3v) is 1.87. The molecule has 5 nitrogen and oxygen atoms in total. The van der Waals surface area contributed by atoms with E-state index in [2.05, 4.69) is 4.98 Å². The second-order valence-corrected chi connectivity index (χ2v) is 2.67. The topological polar surface area (TPSA) is 87.5 Å². The van der Waals surface area contributed by atoms with Crippen LogP contribution in [0.3, 0.4) is 0 Å². The number of nitrogens with zero attached hydrogens (tertiary/aromatic N) is 1. The van der Waals surface area contributed by atoms with Gasteiger partial charge < -0.3 is 10.2 Å². The molecule has 0 atom stereocenters. The van der Waals surface area contributed by atoms with Crippen LogP contribution in [0.1, 0.15) is 19.5 Å². The molecule has 1 aromatic heterocycles. The van der Waals surface area contributed by atoms with Crippen molar-refractivity contribution < 1.29 is 19.8 Å². The number of carboxylic acid groups (broad SMARTS) is 2. The molecule has 0 saturated heterocycles. The lowest BCUT2D eigenvalue weighted by Gasteiger charge is -1.80. The average Bonchev–Trinajstić information content (AvgIpc) is 2.33. The molecule has 0 bridgehead atoms. The molecular formula is C5H5Cl2NO4S. The number of hydrogen-bond donors (Lipinski definition) is 2. The summed E-state index contributed by atoms with van der Waals surface area (Å²) in [6.07, 6.45) is 1.02. The van der Waals surface area contributed by atoms with Crippen molar-refractivity contribution in [3.63, 3.8) is 0 Å². The first-order valence-corrected chi connectivity index (χ1v) is 3.35. The molecule has 0 fully saturated rings. The number of aromatic carboxylic acids is 2. The van der Waals surface area contributed by atoms with Gasteiger partial charge in [0.05, 0.1) is 6.20 Å². The van der Waals surface area contributed by atoms with E-state index in [0.717, 1.165) is 6.20 Å². The molecule has 0 aliphatic heterocycles. The van der Waals surface area contributed by atoms with Crippen molar-refractivity contribution >= 4 is 48.1 Å². The fourth-order valence-electron chi connectivity index (χ4n) is 0.472. The Labute approximate surface area is 89.2 Å². The predicted molar refractivity (Wildman–Crippen MR) is 50.5 cm³/mol. The minimum absolute atomic E-state index is 0. The predicted octanol–water partition coefficient (Wildman–Crippen LogP) is 1.38. The number of rotatable bonds is 2. The highest BCUT2D eigenvalue weighted by molar-refractivity contribution is 7.15. The van der Waals surface area contributed by atoms with E-state index in [9.17, 15) is 9.59 Å². The third-order valence-electron chi connectivity index (χ3n) is 0.899. The van der Waals surface area contributed by atoms with Crippen LogP contribution in [0.15, 0.2) is 6.20 Å². The van der Waals surface area contributed by atoms with Gasteiger partial charge in [0.1, 0.15) is 4.88 Å². The second kappa shape index (κ2) is 5.74. The van der Waals surface area contributed by atoms with E-state index in [1.54, 1.807) is 0 Å². The Kier molecular flexibility index (Phi) is 6.47. The lowest BCUT2D eigenvalue weighted by atomic mass is 10.6. The molecule has 0 saturated carbocycles. The van der Waals surface area contributed by atoms with Crippen LogP contribution in [0.5, 0.6) is 0 Å². The van der Waals surface area contributed by atoms with Crippen molar-refractivity contribution in [2.24, 2.45) is 0 Å². The maximum Gasteiger partial charge on any atom is 0.365 e. The molecule has 1 aromatic rings. The summed E-state index contributed by atoms with van der Waals surface area (Å²) in [4.78, 5) is 23.7. The Morgan fingerprint density at radius 1 is 1.23 bits per heavy atom. The number of aromatic nitrogens is 1. The zero-order chi connectivity index (χ0) is 8.43. The molecule has 0 aliphatic rings. The molecule has 0 radical (unpaired) electrons. The molecule has 8 heteroatoms. The number of carbonyl (C=O) groups is 2. The van der Waals surface area contributed by atoms with E-state index >= 15 is 0 Å². The van der Waals surface area contributed by atoms with Crippen molar-refractivity contribution in [2.75, 3.05) is 0 Å². The average molecular weight is 246 g/mol. The third kappa shape index (κ3) is 3.58. The molecule has 1 rings (SSSR count). The van der Waals surface area contributed by atoms with Crippen molar-refractivity contribution in [1.82, 2.24) is 4.98 Å². The van der Waals surface area contributed by atoms with Gasteiger partial charge >= 0.3 is 11.9 Å². The lowest BCUT2D eigenvalue weighted by Crippen LogP contribution is -1.93. The molecule has 0 aromatic carbocycles. The molecule has 74 valence electrons. The zero-order valence-corrected chi connectivity index (χ0v) is 8.41. The highest BCUT2D eigenvalue weighted by Crippen LogP contribution is 2.11. The monoisotopic (exact) mass is 245 g/mol. The normalized spacial score (nSPS) is 8.00. The van der Waals surface area contributed by atoms with Gasteiger partial charge in [0.25, 0.3) is 0 Å². The number of hydrogen-bond acceptors (Lipinski definition) is 4. The van der Waals surface area contributed by atoms with Gasteiger partial charge in [-0.25, -0.2) is 14.6 Å². The van der Waals surface area contributed by atoms with Gasteiger partial charge in [-0.15, -0.1) is 36.2 Å². The first-order valence-electron chi connectivity index (χ1n) is 2.53. The summed E-state index contributed by atoms with van der Waals surface area (Å²) < 4.78 is 0. The fraction of sp³-hybridized carbons (Fsp3) is 0. The summed E-state index contributed by atoms with van der Waals surface area (Å²) in [6.45, 7) is 0. The Morgan fingerprint density at radius 2 is 1.77 bits per heavy atom. The summed E-state index contributed by atoms with van der Waals surface area (Å²) in [5, 5.41) is 16.5. The Morgan fingerprint density at radius 3 is 2.00 bits per heavy atom. The Bertz CT molecular complexity index is 285. The first-order chi connectivity index (χ1) is 5.11. The Hall–Kier alpha value is -0.850. The van der Waals surface area contributed by atoms with Gasteiger partial charge in [-0.2, -0.15) is 0 Å². The van der Waals surface area contributed by atoms with Crippen molar-refractivity contribution in [2.45, 2.75) is 0 Å². The van der Waals surface area contributed by atoms with Crippen molar-refractivity contribution in [3.8, 4) is 0 Å². The highest BCUT2D eigenvalue weighted by Gasteiger charge is 2.12. The van der Waals surface area contributed by atoms with E-state index in [4.69, 9.17) is 10.2 Å². The Balaban J connectivity index is 0. The van der Waals surface area contributed by atoms with E-state index in [1.165, 1.54) is 0 Å². The van der Waals surface area contributed by atoms with Crippen LogP contribution in [-0.2, 0) is 0 Å². The largest absolute Gasteiger partial charge is 0.477 e. The van der Waals surface area contributed by atoms with E-state index in [-0.39, 0.29) is 34.7 Å². The van der Waals surface area contributed by atoms with Crippen LogP contribution < -0.4 is 0 Å². The standard InChI is InChI=1S/C5H3NO4S.2ClH/c7-4(8)2-1-6-3(11-2)5(9)10;;/h1H,(H,7,8)(H,9,10);2*1H. The van der Waals surface area contributed by atoms with Gasteiger partial charge in [0.15, 0.2) is 0 Å². The van der Waals surface area contributed by atoms with Gasteiger partial charge in [-0.1, -0.05) is 0 Å². The van der Waals surface area contributed by atoms with E-state index in [0.29, 0.717) is 11.3 Å². The first kappa shape index (κ1) is 14.7. The van der Waals surface area contributed by atoms with E-state index in [1.807, 2.05) is 0 Å². The van der Waals surface area contributed by atoms with Crippen LogP contribution in [0.4, 0.5) is 0 Å². The maximum absolute atomic E-state index is 10.2. The molecule has 1 heterocycles. The number of halogens is 2. The van der Waals surface area contributed by atoms with Gasteiger partial charge in [0, 0.05) is 0 Å². The minimum Gasteiger partial charge on any atom is -0.477 e. The van der Waals surface area contributed by atoms with Gasteiger partial charge in [-0.3, -0.25) is 0 Å². The smallest absolute Gasteiger partial charge is 0.365 e. The molecule has 13 heavy (non-hydrogen) atoms. The van der Waals surface area contributed by atoms with Crippen LogP contribution in [-0.4, -0.2) is 27.1 Å². The van der Waals surface area contributed by atoms with Crippen LogP contribution in [0.25, 0.3) is 0 Å². The van der Waals surface area contributed by atoms with Crippen LogP contribution in [0, 0.1) is 0 Å². The molecule has 0 aliphatic carbocycles. The molecule has 2 N–H and O–H groups in total. The minimum atomic E-state index is -1.21. The maximum atomic E-state index is 10.2. The summed E-state index contributed by atoms with van der Waals surface area (Å²) >= 11 is 0.639. The van der Waals surface area contributed by atoms with Gasteiger partial charge in [-0.05, 0) is 0 Å². The fourth-order valence-corrected chi connectivity index (χ4v) is 1.07. The summed E-state index contributed by atoms with van der Waals surface area (Å²) in [5.41, 5.74) is 0. The highest BCUT2D eigenvalue weighted by atomic mass is 35.5. The summed E-state index contributed by atoms with van der Waals surface area (Å²) in [5.74, 6) is -2.36. The quantitative estimate of drug-likeness (QED) is 0.823. The van der Waals surface area contributed by atoms with E-state index < -0.39 is 11.9 Å². The van der Waals surface area contributed by atoms with Crippen LogP contribution in [0.2, 0.25) is 0 Å².